The van der Waals surface area contributed by atoms with E-state index in [9.17, 15) is 18.3 Å². The van der Waals surface area contributed by atoms with E-state index in [1.54, 1.807) is 0 Å². The minimum Gasteiger partial charge on any atom is -0.530 e. The zero-order valence-corrected chi connectivity index (χ0v) is 14.1. The zero-order valence-electron chi connectivity index (χ0n) is 13.3. The smallest absolute Gasteiger partial charge is 0.242 e. The van der Waals surface area contributed by atoms with Gasteiger partial charge in [0.2, 0.25) is 10.0 Å². The molecule has 1 amide bonds. The topological polar surface area (TPSA) is 80.8 Å². The maximum absolute atomic E-state index is 12.0. The van der Waals surface area contributed by atoms with Gasteiger partial charge in [-0.15, -0.1) is 0 Å². The Bertz CT molecular complexity index is 582. The highest BCUT2D eigenvalue weighted by Crippen LogP contribution is 2.20. The Morgan fingerprint density at radius 2 is 1.68 bits per heavy atom. The van der Waals surface area contributed by atoms with Crippen LogP contribution in [0.1, 0.15) is 32.6 Å². The van der Waals surface area contributed by atoms with Crippen LogP contribution in [0.5, 0.6) is 0 Å². The molecule has 1 aromatic rings. The number of rotatable bonds is 8. The molecule has 0 aromatic heterocycles. The maximum Gasteiger partial charge on any atom is 0.242 e. The summed E-state index contributed by atoms with van der Waals surface area (Å²) in [4.78, 5) is 12.5. The maximum atomic E-state index is 12.0. The van der Waals surface area contributed by atoms with Gasteiger partial charge < -0.3 is 14.8 Å². The van der Waals surface area contributed by atoms with Crippen molar-refractivity contribution in [1.82, 2.24) is 4.31 Å². The van der Waals surface area contributed by atoms with Gasteiger partial charge in [-0.3, -0.25) is 0 Å². The van der Waals surface area contributed by atoms with Crippen LogP contribution in [0.3, 0.4) is 0 Å². The van der Waals surface area contributed by atoms with Crippen molar-refractivity contribution in [2.45, 2.75) is 37.5 Å². The van der Waals surface area contributed by atoms with E-state index < -0.39 is 16.1 Å². The van der Waals surface area contributed by atoms with Gasteiger partial charge in [-0.2, -0.15) is 0 Å². The summed E-state index contributed by atoms with van der Waals surface area (Å²) >= 11 is 0. The van der Waals surface area contributed by atoms with Crippen LogP contribution in [-0.2, 0) is 10.0 Å². The van der Waals surface area contributed by atoms with E-state index >= 15 is 0 Å². The number of carbonyl (C=O) groups is 1. The summed E-state index contributed by atoms with van der Waals surface area (Å²) in [6.45, 7) is 2.43. The number of nitrogens with zero attached hydrogens (tertiary/aromatic N) is 2. The lowest BCUT2D eigenvalue weighted by molar-refractivity contribution is -0.246. The number of benzene rings is 1. The molecule has 0 radical (unpaired) electrons. The normalized spacial score (nSPS) is 11.6. The molecule has 0 aliphatic rings. The Morgan fingerprint density at radius 1 is 1.09 bits per heavy atom. The fraction of sp³-hybridized carbons (Fsp3) is 0.533. The van der Waals surface area contributed by atoms with Crippen molar-refractivity contribution >= 4 is 21.8 Å². The predicted molar refractivity (Wildman–Crippen MR) is 84.2 cm³/mol. The van der Waals surface area contributed by atoms with Gasteiger partial charge in [0, 0.05) is 26.3 Å². The number of carboxylic acid groups (broad SMARTS) is 1. The average molecular weight is 327 g/mol. The number of anilines is 1. The van der Waals surface area contributed by atoms with Gasteiger partial charge in [0.15, 0.2) is 0 Å². The first kappa shape index (κ1) is 18.4. The fourth-order valence-corrected chi connectivity index (χ4v) is 2.93. The highest BCUT2D eigenvalue weighted by Gasteiger charge is 2.17. The van der Waals surface area contributed by atoms with E-state index in [-0.39, 0.29) is 4.90 Å². The molecule has 6 nitrogen and oxygen atoms in total. The summed E-state index contributed by atoms with van der Waals surface area (Å²) in [6.07, 6.45) is 2.55. The van der Waals surface area contributed by atoms with Gasteiger partial charge in [0.1, 0.15) is 6.09 Å². The second-order valence-corrected chi connectivity index (χ2v) is 7.41. The third kappa shape index (κ3) is 4.71. The Balaban J connectivity index is 2.88. The van der Waals surface area contributed by atoms with Crippen LogP contribution in [0, 0.1) is 0 Å². The first-order valence-corrected chi connectivity index (χ1v) is 8.75. The van der Waals surface area contributed by atoms with Crippen molar-refractivity contribution in [3.8, 4) is 0 Å². The molecule has 0 aliphatic heterocycles. The Hall–Kier alpha value is -1.60. The molecular weight excluding hydrogens is 304 g/mol. The van der Waals surface area contributed by atoms with E-state index in [1.165, 1.54) is 38.4 Å². The summed E-state index contributed by atoms with van der Waals surface area (Å²) < 4.78 is 25.1. The second kappa shape index (κ2) is 8.14. The number of sulfonamides is 1. The predicted octanol–water partition coefficient (Wildman–Crippen LogP) is 1.67. The molecule has 0 fully saturated rings. The quantitative estimate of drug-likeness (QED) is 0.680. The summed E-state index contributed by atoms with van der Waals surface area (Å²) in [7, 11) is -0.614. The molecule has 0 heterocycles. The van der Waals surface area contributed by atoms with Crippen molar-refractivity contribution in [2.24, 2.45) is 0 Å². The molecule has 1 aromatic carbocycles. The molecular formula is C15H23N2O4S-. The third-order valence-electron chi connectivity index (χ3n) is 3.38. The number of amides is 1. The van der Waals surface area contributed by atoms with Crippen molar-refractivity contribution in [3.63, 3.8) is 0 Å². The van der Waals surface area contributed by atoms with Crippen LogP contribution in [0.4, 0.5) is 10.5 Å². The lowest BCUT2D eigenvalue weighted by Gasteiger charge is -2.25. The van der Waals surface area contributed by atoms with E-state index in [2.05, 4.69) is 6.92 Å². The SMILES string of the molecule is CCCCCCN(C(=O)[O-])c1ccc(S(=O)(=O)N(C)C)cc1. The highest BCUT2D eigenvalue weighted by atomic mass is 32.2. The molecule has 7 heteroatoms. The molecule has 124 valence electrons. The van der Waals surface area contributed by atoms with E-state index in [0.29, 0.717) is 12.2 Å². The molecule has 0 saturated carbocycles. The highest BCUT2D eigenvalue weighted by molar-refractivity contribution is 7.89. The van der Waals surface area contributed by atoms with Crippen LogP contribution in [0.15, 0.2) is 29.2 Å². The molecule has 0 spiro atoms. The summed E-state index contributed by atoms with van der Waals surface area (Å²) in [5, 5.41) is 11.2. The second-order valence-electron chi connectivity index (χ2n) is 5.26. The van der Waals surface area contributed by atoms with Gasteiger partial charge in [0.25, 0.3) is 0 Å². The summed E-state index contributed by atoms with van der Waals surface area (Å²) in [5.41, 5.74) is 0.425. The molecule has 1 rings (SSSR count). The monoisotopic (exact) mass is 327 g/mol. The van der Waals surface area contributed by atoms with Gasteiger partial charge in [-0.25, -0.2) is 12.7 Å². The van der Waals surface area contributed by atoms with E-state index in [4.69, 9.17) is 0 Å². The van der Waals surface area contributed by atoms with Crippen LogP contribution in [0.25, 0.3) is 0 Å². The Kier molecular flexibility index (Phi) is 6.83. The minimum atomic E-state index is -3.51. The third-order valence-corrected chi connectivity index (χ3v) is 5.21. The Labute approximate surface area is 132 Å². The van der Waals surface area contributed by atoms with Crippen molar-refractivity contribution in [3.05, 3.63) is 24.3 Å². The van der Waals surface area contributed by atoms with Crippen LogP contribution >= 0.6 is 0 Å². The molecule has 0 unspecified atom stereocenters. The van der Waals surface area contributed by atoms with Crippen LogP contribution in [0.2, 0.25) is 0 Å². The summed E-state index contributed by atoms with van der Waals surface area (Å²) in [5.74, 6) is 0. The summed E-state index contributed by atoms with van der Waals surface area (Å²) in [6, 6.07) is 5.80. The molecule has 0 aliphatic carbocycles. The number of unbranched alkanes of at least 4 members (excludes halogenated alkanes) is 3. The first-order chi connectivity index (χ1) is 10.3. The van der Waals surface area contributed by atoms with E-state index in [0.717, 1.165) is 34.9 Å². The Morgan fingerprint density at radius 3 is 2.14 bits per heavy atom. The van der Waals surface area contributed by atoms with Crippen molar-refractivity contribution < 1.29 is 18.3 Å². The number of carbonyl (C=O) groups excluding carboxylic acids is 1. The van der Waals surface area contributed by atoms with Gasteiger partial charge in [-0.1, -0.05) is 26.2 Å². The molecule has 0 saturated heterocycles. The molecule has 0 N–H and O–H groups in total. The minimum absolute atomic E-state index is 0.130. The van der Waals surface area contributed by atoms with Crippen molar-refractivity contribution in [2.75, 3.05) is 25.5 Å². The molecule has 0 bridgehead atoms. The van der Waals surface area contributed by atoms with Crippen LogP contribution in [-0.4, -0.2) is 39.5 Å². The molecule has 22 heavy (non-hydrogen) atoms. The lowest BCUT2D eigenvalue weighted by atomic mass is 10.2. The standard InChI is InChI=1S/C15H24N2O4S/c1-4-5-6-7-12-17(15(18)19)13-8-10-14(11-9-13)22(20,21)16(2)3/h8-11H,4-7,12H2,1-3H3,(H,18,19)/p-1. The van der Waals surface area contributed by atoms with Gasteiger partial charge in [-0.05, 0) is 30.7 Å². The van der Waals surface area contributed by atoms with E-state index in [1.807, 2.05) is 0 Å². The van der Waals surface area contributed by atoms with Gasteiger partial charge in [0.05, 0.1) is 4.90 Å². The average Bonchev–Trinajstić information content (AvgIpc) is 2.47. The largest absolute Gasteiger partial charge is 0.530 e. The van der Waals surface area contributed by atoms with Crippen molar-refractivity contribution in [1.29, 1.82) is 0 Å². The molecule has 0 atom stereocenters. The number of hydrogen-bond acceptors (Lipinski definition) is 4. The lowest BCUT2D eigenvalue weighted by Crippen LogP contribution is -2.42. The van der Waals surface area contributed by atoms with Crippen LogP contribution < -0.4 is 10.0 Å². The number of hydrogen-bond donors (Lipinski definition) is 0. The fourth-order valence-electron chi connectivity index (χ4n) is 2.03. The zero-order chi connectivity index (χ0) is 16.8. The van der Waals surface area contributed by atoms with Gasteiger partial charge >= 0.3 is 0 Å². The first-order valence-electron chi connectivity index (χ1n) is 7.31.